The highest BCUT2D eigenvalue weighted by Crippen LogP contribution is 2.43. The molecular weight excluding hydrogens is 618 g/mol. The van der Waals surface area contributed by atoms with Crippen LogP contribution in [0.4, 0.5) is 11.4 Å². The van der Waals surface area contributed by atoms with Gasteiger partial charge in [-0.1, -0.05) is 29.8 Å². The molecule has 1 heterocycles. The number of nitrogens with zero attached hydrogens (tertiary/aromatic N) is 1. The summed E-state index contributed by atoms with van der Waals surface area (Å²) in [5.74, 6) is -0.854. The van der Waals surface area contributed by atoms with Gasteiger partial charge in [0.05, 0.1) is 17.3 Å². The van der Waals surface area contributed by atoms with Crippen molar-refractivity contribution in [1.29, 1.82) is 0 Å². The number of para-hydroxylation sites is 1. The van der Waals surface area contributed by atoms with Crippen LogP contribution in [0.5, 0.6) is 11.5 Å². The van der Waals surface area contributed by atoms with Crippen LogP contribution in [0.3, 0.4) is 0 Å². The third-order valence-electron chi connectivity index (χ3n) is 5.06. The van der Waals surface area contributed by atoms with Crippen LogP contribution in [-0.2, 0) is 14.4 Å². The van der Waals surface area contributed by atoms with E-state index in [1.807, 2.05) is 6.07 Å². The molecule has 0 spiro atoms. The second-order valence-corrected chi connectivity index (χ2v) is 9.47. The first-order chi connectivity index (χ1) is 17.3. The molecule has 1 fully saturated rings. The number of halogens is 3. The van der Waals surface area contributed by atoms with E-state index in [9.17, 15) is 14.4 Å². The lowest BCUT2D eigenvalue weighted by Gasteiger charge is -2.16. The largest absolute Gasteiger partial charge is 0.493 e. The van der Waals surface area contributed by atoms with Crippen molar-refractivity contribution < 1.29 is 23.9 Å². The quantitative estimate of drug-likeness (QED) is 0.270. The number of ether oxygens (including phenoxy) is 2. The minimum Gasteiger partial charge on any atom is -0.493 e. The van der Waals surface area contributed by atoms with Crippen LogP contribution in [0.2, 0.25) is 5.02 Å². The van der Waals surface area contributed by atoms with Gasteiger partial charge in [-0.05, 0) is 86.0 Å². The third-order valence-corrected chi connectivity index (χ3v) is 7.45. The van der Waals surface area contributed by atoms with Crippen molar-refractivity contribution in [2.45, 2.75) is 0 Å². The number of carbonyl (C=O) groups excluding carboxylic acids is 3. The molecular formula is C25H18Br2ClN3O5. The lowest BCUT2D eigenvalue weighted by Crippen LogP contribution is -2.35. The molecule has 8 nitrogen and oxygen atoms in total. The molecule has 1 aliphatic heterocycles. The molecule has 4 rings (SSSR count). The molecule has 0 radical (unpaired) electrons. The van der Waals surface area contributed by atoms with Gasteiger partial charge in [0, 0.05) is 15.2 Å². The third kappa shape index (κ3) is 5.56. The summed E-state index contributed by atoms with van der Waals surface area (Å²) < 4.78 is 12.1. The number of hydrogen-bond acceptors (Lipinski definition) is 5. The van der Waals surface area contributed by atoms with E-state index in [1.54, 1.807) is 54.6 Å². The van der Waals surface area contributed by atoms with Gasteiger partial charge in [0.25, 0.3) is 17.7 Å². The first-order valence-corrected chi connectivity index (χ1v) is 12.4. The van der Waals surface area contributed by atoms with Gasteiger partial charge in [-0.3, -0.25) is 19.8 Å². The van der Waals surface area contributed by atoms with Gasteiger partial charge in [0.2, 0.25) is 0 Å². The highest BCUT2D eigenvalue weighted by atomic mass is 79.9. The van der Waals surface area contributed by atoms with E-state index in [4.69, 9.17) is 21.1 Å². The summed E-state index contributed by atoms with van der Waals surface area (Å²) in [6, 6.07) is 17.1. The van der Waals surface area contributed by atoms with E-state index in [0.29, 0.717) is 36.7 Å². The van der Waals surface area contributed by atoms with Crippen molar-refractivity contribution in [3.05, 3.63) is 85.8 Å². The monoisotopic (exact) mass is 633 g/mol. The molecule has 2 N–H and O–H groups in total. The van der Waals surface area contributed by atoms with Gasteiger partial charge in [0.15, 0.2) is 18.1 Å². The smallest absolute Gasteiger partial charge is 0.282 e. The minimum absolute atomic E-state index is 0.0514. The maximum Gasteiger partial charge on any atom is 0.282 e. The van der Waals surface area contributed by atoms with Crippen molar-refractivity contribution in [2.24, 2.45) is 0 Å². The highest BCUT2D eigenvalue weighted by molar-refractivity contribution is 9.13. The normalized spacial score (nSPS) is 14.1. The Labute approximate surface area is 228 Å². The van der Waals surface area contributed by atoms with E-state index in [-0.39, 0.29) is 23.8 Å². The Morgan fingerprint density at radius 1 is 1.08 bits per heavy atom. The Morgan fingerprint density at radius 3 is 2.44 bits per heavy atom. The topological polar surface area (TPSA) is 97.0 Å². The van der Waals surface area contributed by atoms with Gasteiger partial charge in [-0.25, -0.2) is 5.01 Å². The average molecular weight is 636 g/mol. The molecule has 0 aliphatic carbocycles. The van der Waals surface area contributed by atoms with Crippen LogP contribution < -0.4 is 25.2 Å². The van der Waals surface area contributed by atoms with Crippen LogP contribution in [0.15, 0.2) is 75.2 Å². The zero-order chi connectivity index (χ0) is 25.8. The van der Waals surface area contributed by atoms with Crippen LogP contribution >= 0.6 is 43.5 Å². The Kier molecular flexibility index (Phi) is 7.97. The van der Waals surface area contributed by atoms with Crippen LogP contribution in [0.25, 0.3) is 6.08 Å². The van der Waals surface area contributed by atoms with Crippen molar-refractivity contribution in [1.82, 2.24) is 5.43 Å². The Bertz CT molecular complexity index is 1360. The molecule has 0 bridgehead atoms. The molecule has 0 atom stereocenters. The average Bonchev–Trinajstić information content (AvgIpc) is 3.16. The molecule has 0 unspecified atom stereocenters. The van der Waals surface area contributed by atoms with Crippen molar-refractivity contribution in [3.63, 3.8) is 0 Å². The highest BCUT2D eigenvalue weighted by Gasteiger charge is 2.34. The zero-order valence-corrected chi connectivity index (χ0v) is 22.6. The van der Waals surface area contributed by atoms with E-state index < -0.39 is 11.8 Å². The summed E-state index contributed by atoms with van der Waals surface area (Å²) in [7, 11) is 1.44. The van der Waals surface area contributed by atoms with E-state index >= 15 is 0 Å². The number of hydrogen-bond donors (Lipinski definition) is 2. The van der Waals surface area contributed by atoms with Gasteiger partial charge in [-0.15, -0.1) is 0 Å². The molecule has 3 amide bonds. The maximum absolute atomic E-state index is 12.9. The Balaban J connectivity index is 1.55. The molecule has 3 aromatic carbocycles. The Hall–Kier alpha value is -3.34. The number of carbonyl (C=O) groups is 3. The molecule has 0 aromatic heterocycles. The Morgan fingerprint density at radius 2 is 1.78 bits per heavy atom. The molecule has 1 aliphatic rings. The SMILES string of the molecule is COc1cc(/C=C2/C(=O)NN(c3ccccc3)C2=O)c(Br)c(Br)c1OCC(=O)Nc1ccc(Cl)cc1. The van der Waals surface area contributed by atoms with Crippen LogP contribution in [0.1, 0.15) is 5.56 Å². The second-order valence-electron chi connectivity index (χ2n) is 7.44. The number of methoxy groups -OCH3 is 1. The van der Waals surface area contributed by atoms with Gasteiger partial charge in [0.1, 0.15) is 5.57 Å². The van der Waals surface area contributed by atoms with E-state index in [2.05, 4.69) is 42.6 Å². The number of hydrazine groups is 1. The van der Waals surface area contributed by atoms with E-state index in [0.717, 1.165) is 0 Å². The fourth-order valence-electron chi connectivity index (χ4n) is 3.34. The fourth-order valence-corrected chi connectivity index (χ4v) is 4.41. The summed E-state index contributed by atoms with van der Waals surface area (Å²) >= 11 is 12.8. The van der Waals surface area contributed by atoms with Crippen LogP contribution in [-0.4, -0.2) is 31.4 Å². The summed E-state index contributed by atoms with van der Waals surface area (Å²) in [6.07, 6.45) is 1.45. The standard InChI is InChI=1S/C25H18Br2ClN3O5/c1-35-19-12-14(11-18-24(33)30-31(25(18)34)17-5-3-2-4-6-17)21(26)22(27)23(19)36-13-20(32)29-16-9-7-15(28)8-10-16/h2-12H,13H2,1H3,(H,29,32)(H,30,33)/b18-11-. The van der Waals surface area contributed by atoms with E-state index in [1.165, 1.54) is 18.2 Å². The molecule has 36 heavy (non-hydrogen) atoms. The summed E-state index contributed by atoms with van der Waals surface area (Å²) in [5.41, 5.74) is 4.12. The zero-order valence-electron chi connectivity index (χ0n) is 18.7. The van der Waals surface area contributed by atoms with Gasteiger partial charge < -0.3 is 14.8 Å². The number of rotatable bonds is 7. The lowest BCUT2D eigenvalue weighted by atomic mass is 10.1. The first-order valence-electron chi connectivity index (χ1n) is 10.4. The molecule has 11 heteroatoms. The number of amides is 3. The molecule has 0 saturated carbocycles. The summed E-state index contributed by atoms with van der Waals surface area (Å²) in [4.78, 5) is 37.8. The molecule has 184 valence electrons. The van der Waals surface area contributed by atoms with Gasteiger partial charge in [-0.2, -0.15) is 0 Å². The summed E-state index contributed by atoms with van der Waals surface area (Å²) in [5, 5.41) is 4.45. The predicted octanol–water partition coefficient (Wildman–Crippen LogP) is 5.35. The van der Waals surface area contributed by atoms with Crippen molar-refractivity contribution in [2.75, 3.05) is 24.0 Å². The number of benzene rings is 3. The second kappa shape index (κ2) is 11.2. The number of nitrogens with one attached hydrogen (secondary N) is 2. The van der Waals surface area contributed by atoms with Crippen molar-refractivity contribution in [3.8, 4) is 11.5 Å². The maximum atomic E-state index is 12.9. The summed E-state index contributed by atoms with van der Waals surface area (Å²) in [6.45, 7) is -0.294. The number of anilines is 2. The predicted molar refractivity (Wildman–Crippen MR) is 144 cm³/mol. The lowest BCUT2D eigenvalue weighted by molar-refractivity contribution is -0.118. The minimum atomic E-state index is -0.537. The van der Waals surface area contributed by atoms with Gasteiger partial charge >= 0.3 is 0 Å². The van der Waals surface area contributed by atoms with Crippen molar-refractivity contribution >= 4 is 78.6 Å². The fraction of sp³-hybridized carbons (Fsp3) is 0.0800. The molecule has 1 saturated heterocycles. The molecule has 3 aromatic rings. The van der Waals surface area contributed by atoms with Crippen LogP contribution in [0, 0.1) is 0 Å². The first kappa shape index (κ1) is 25.7.